The predicted molar refractivity (Wildman–Crippen MR) is 154 cm³/mol. The van der Waals surface area contributed by atoms with Crippen molar-refractivity contribution in [3.05, 3.63) is 125 Å². The minimum atomic E-state index is 0.0919. The van der Waals surface area contributed by atoms with Crippen molar-refractivity contribution in [3.63, 3.8) is 0 Å². The molecule has 2 aromatic heterocycles. The van der Waals surface area contributed by atoms with Crippen molar-refractivity contribution in [2.45, 2.75) is 27.2 Å². The van der Waals surface area contributed by atoms with Crippen molar-refractivity contribution in [1.82, 2.24) is 0 Å². The van der Waals surface area contributed by atoms with Crippen LogP contribution in [-0.2, 0) is 20.5 Å². The highest BCUT2D eigenvalue weighted by Gasteiger charge is 2.40. The van der Waals surface area contributed by atoms with Crippen molar-refractivity contribution < 1.29 is 9.13 Å². The molecule has 6 rings (SSSR count). The van der Waals surface area contributed by atoms with Gasteiger partial charge in [0.1, 0.15) is 14.1 Å². The SMILES string of the molecule is Cc1cc(C)c(B2c3cccc([n+]3C)-c3ccccc3Cc3ccccc3-c3cccc2[n+]3C)c(C)c1. The fourth-order valence-electron chi connectivity index (χ4n) is 6.47. The van der Waals surface area contributed by atoms with Gasteiger partial charge in [-0.1, -0.05) is 77.4 Å². The highest BCUT2D eigenvalue weighted by molar-refractivity contribution is 6.94. The zero-order chi connectivity index (χ0) is 25.7. The second-order valence-electron chi connectivity index (χ2n) is 10.5. The summed E-state index contributed by atoms with van der Waals surface area (Å²) in [5.74, 6) is 0. The largest absolute Gasteiger partial charge is 0.406 e. The number of fused-ring (bicyclic) bond motifs is 8. The summed E-state index contributed by atoms with van der Waals surface area (Å²) in [6, 6.07) is 36.1. The van der Waals surface area contributed by atoms with Crippen LogP contribution < -0.4 is 25.8 Å². The molecule has 0 amide bonds. The molecule has 1 aliphatic heterocycles. The Hall–Kier alpha value is -3.98. The zero-order valence-electron chi connectivity index (χ0n) is 22.4. The second kappa shape index (κ2) is 9.16. The third-order valence-corrected chi connectivity index (χ3v) is 8.13. The van der Waals surface area contributed by atoms with E-state index < -0.39 is 0 Å². The molecule has 0 aliphatic carbocycles. The van der Waals surface area contributed by atoms with E-state index in [1.165, 1.54) is 67.0 Å². The van der Waals surface area contributed by atoms with Crippen LogP contribution in [0.15, 0.2) is 97.1 Å². The summed E-state index contributed by atoms with van der Waals surface area (Å²) >= 11 is 0. The van der Waals surface area contributed by atoms with Crippen LogP contribution in [0.4, 0.5) is 0 Å². The van der Waals surface area contributed by atoms with Gasteiger partial charge in [-0.15, -0.1) is 0 Å². The van der Waals surface area contributed by atoms with Gasteiger partial charge in [0.25, 0.3) is 0 Å². The molecule has 5 aromatic rings. The zero-order valence-corrected chi connectivity index (χ0v) is 22.4. The fourth-order valence-corrected chi connectivity index (χ4v) is 6.47. The monoisotopic (exact) mass is 480 g/mol. The predicted octanol–water partition coefficient (Wildman–Crippen LogP) is 4.02. The maximum Gasteiger partial charge on any atom is 0.406 e. The van der Waals surface area contributed by atoms with E-state index in [1.807, 2.05) is 0 Å². The molecular weight excluding hydrogens is 447 g/mol. The molecule has 0 saturated carbocycles. The molecule has 180 valence electrons. The number of aryl methyl sites for hydroxylation is 3. The quantitative estimate of drug-likeness (QED) is 0.248. The molecule has 0 radical (unpaired) electrons. The van der Waals surface area contributed by atoms with Gasteiger partial charge in [0, 0.05) is 23.3 Å². The Morgan fingerprint density at radius 3 is 1.51 bits per heavy atom. The molecule has 0 unspecified atom stereocenters. The van der Waals surface area contributed by atoms with Crippen LogP contribution in [0.5, 0.6) is 0 Å². The molecule has 1 aliphatic rings. The summed E-state index contributed by atoms with van der Waals surface area (Å²) in [5.41, 5.74) is 15.8. The minimum Gasteiger partial charge on any atom is -0.207 e. The van der Waals surface area contributed by atoms with Gasteiger partial charge in [0.2, 0.25) is 11.4 Å². The smallest absolute Gasteiger partial charge is 0.207 e. The van der Waals surface area contributed by atoms with Gasteiger partial charge in [-0.25, -0.2) is 9.13 Å². The number of nitrogens with zero attached hydrogens (tertiary/aromatic N) is 2. The van der Waals surface area contributed by atoms with Crippen molar-refractivity contribution in [2.24, 2.45) is 14.1 Å². The first-order valence-corrected chi connectivity index (χ1v) is 13.2. The van der Waals surface area contributed by atoms with Crippen molar-refractivity contribution in [1.29, 1.82) is 0 Å². The summed E-state index contributed by atoms with van der Waals surface area (Å²) < 4.78 is 4.84. The number of benzene rings is 3. The van der Waals surface area contributed by atoms with Crippen LogP contribution >= 0.6 is 0 Å². The van der Waals surface area contributed by atoms with Gasteiger partial charge in [-0.3, -0.25) is 0 Å². The first kappa shape index (κ1) is 23.4. The summed E-state index contributed by atoms with van der Waals surface area (Å²) in [6.45, 7) is 6.82. The van der Waals surface area contributed by atoms with Crippen LogP contribution in [0.3, 0.4) is 0 Å². The second-order valence-corrected chi connectivity index (χ2v) is 10.5. The van der Waals surface area contributed by atoms with Crippen LogP contribution in [-0.4, -0.2) is 6.71 Å². The molecule has 0 fully saturated rings. The van der Waals surface area contributed by atoms with Gasteiger partial charge in [0.15, 0.2) is 11.2 Å². The Kier molecular flexibility index (Phi) is 5.80. The van der Waals surface area contributed by atoms with E-state index in [0.29, 0.717) is 0 Å². The lowest BCUT2D eigenvalue weighted by atomic mass is 9.38. The van der Waals surface area contributed by atoms with Gasteiger partial charge in [0.05, 0.1) is 0 Å². The Morgan fingerprint density at radius 1 is 0.568 bits per heavy atom. The third-order valence-electron chi connectivity index (χ3n) is 8.13. The molecule has 4 bridgehead atoms. The Morgan fingerprint density at radius 2 is 1.03 bits per heavy atom. The topological polar surface area (TPSA) is 7.76 Å². The van der Waals surface area contributed by atoms with Crippen LogP contribution in [0, 0.1) is 20.8 Å². The molecule has 3 heterocycles. The standard InChI is InChI=1S/C34H33BN2/c1-23-20-24(2)34(25(3)21-23)35-32-18-10-16-30(36(32)4)28-14-8-6-12-26(28)22-27-13-7-9-15-29(27)31-17-11-19-33(35)37(31)5/h6-21H,22H2,1-5H3/q+2. The Bertz CT molecular complexity index is 1550. The fraction of sp³-hybridized carbons (Fsp3) is 0.176. The molecular formula is C34H33BN2+2. The van der Waals surface area contributed by atoms with Gasteiger partial charge in [-0.05, 0) is 68.0 Å². The summed E-state index contributed by atoms with van der Waals surface area (Å²) in [4.78, 5) is 0. The lowest BCUT2D eigenvalue weighted by Crippen LogP contribution is -2.71. The minimum absolute atomic E-state index is 0.0919. The van der Waals surface area contributed by atoms with Crippen LogP contribution in [0.2, 0.25) is 0 Å². The summed E-state index contributed by atoms with van der Waals surface area (Å²) in [6.07, 6.45) is 0.889. The average Bonchev–Trinajstić information content (AvgIpc) is 2.88. The van der Waals surface area contributed by atoms with Crippen molar-refractivity contribution in [3.8, 4) is 22.5 Å². The summed E-state index contributed by atoms with van der Waals surface area (Å²) in [5, 5.41) is 0. The number of hydrogen-bond acceptors (Lipinski definition) is 0. The first-order chi connectivity index (χ1) is 17.9. The number of pyridine rings is 2. The molecule has 0 N–H and O–H groups in total. The van der Waals surface area contributed by atoms with E-state index in [9.17, 15) is 0 Å². The number of hydrogen-bond donors (Lipinski definition) is 0. The molecule has 0 atom stereocenters. The van der Waals surface area contributed by atoms with Crippen LogP contribution in [0.1, 0.15) is 27.8 Å². The highest BCUT2D eigenvalue weighted by Crippen LogP contribution is 2.28. The highest BCUT2D eigenvalue weighted by atomic mass is 15.0. The van der Waals surface area contributed by atoms with E-state index in [2.05, 4.69) is 141 Å². The van der Waals surface area contributed by atoms with Gasteiger partial charge >= 0.3 is 6.71 Å². The van der Waals surface area contributed by atoms with Gasteiger partial charge in [-0.2, -0.15) is 0 Å². The van der Waals surface area contributed by atoms with E-state index in [1.54, 1.807) is 0 Å². The van der Waals surface area contributed by atoms with E-state index in [0.717, 1.165) is 6.42 Å². The number of rotatable bonds is 1. The Labute approximate surface area is 221 Å². The normalized spacial score (nSPS) is 12.3. The van der Waals surface area contributed by atoms with Gasteiger partial charge < -0.3 is 0 Å². The molecule has 3 heteroatoms. The van der Waals surface area contributed by atoms with Crippen LogP contribution in [0.25, 0.3) is 22.5 Å². The van der Waals surface area contributed by atoms with E-state index in [-0.39, 0.29) is 6.71 Å². The maximum absolute atomic E-state index is 2.42. The Balaban J connectivity index is 1.77. The van der Waals surface area contributed by atoms with E-state index >= 15 is 0 Å². The van der Waals surface area contributed by atoms with Crippen molar-refractivity contribution >= 4 is 23.4 Å². The third kappa shape index (κ3) is 3.90. The molecule has 3 aromatic carbocycles. The van der Waals surface area contributed by atoms with E-state index in [4.69, 9.17) is 0 Å². The molecule has 0 saturated heterocycles. The maximum atomic E-state index is 2.42. The molecule has 37 heavy (non-hydrogen) atoms. The van der Waals surface area contributed by atoms with Crippen molar-refractivity contribution in [2.75, 3.05) is 0 Å². The molecule has 2 nitrogen and oxygen atoms in total. The number of aromatic nitrogens is 2. The average molecular weight is 480 g/mol. The first-order valence-electron chi connectivity index (χ1n) is 13.2. The molecule has 0 spiro atoms. The summed E-state index contributed by atoms with van der Waals surface area (Å²) in [7, 11) is 4.47. The lowest BCUT2D eigenvalue weighted by Gasteiger charge is -2.20. The lowest BCUT2D eigenvalue weighted by molar-refractivity contribution is -0.647.